The Hall–Kier alpha value is -1.69. The molecule has 0 saturated carbocycles. The molecule has 0 unspecified atom stereocenters. The summed E-state index contributed by atoms with van der Waals surface area (Å²) in [7, 11) is 0. The van der Waals surface area contributed by atoms with Crippen LogP contribution in [0.3, 0.4) is 0 Å². The maximum Gasteiger partial charge on any atom is 0.375 e. The number of rotatable bonds is 4. The second kappa shape index (κ2) is 5.52. The predicted octanol–water partition coefficient (Wildman–Crippen LogP) is 2.85. The van der Waals surface area contributed by atoms with Gasteiger partial charge >= 0.3 is 5.97 Å². The third-order valence-corrected chi connectivity index (χ3v) is 3.33. The fourth-order valence-corrected chi connectivity index (χ4v) is 2.31. The smallest absolute Gasteiger partial charge is 0.375 e. The quantitative estimate of drug-likeness (QED) is 0.939. The second-order valence-corrected chi connectivity index (χ2v) is 4.96. The summed E-state index contributed by atoms with van der Waals surface area (Å²) in [5.41, 5.74) is 1.97. The lowest BCUT2D eigenvalue weighted by atomic mass is 10.1. The highest BCUT2D eigenvalue weighted by Crippen LogP contribution is 2.21. The zero-order valence-electron chi connectivity index (χ0n) is 10.7. The molecule has 0 fully saturated rings. The number of aromatic carboxylic acids is 1. The Morgan fingerprint density at radius 3 is 2.68 bits per heavy atom. The zero-order valence-corrected chi connectivity index (χ0v) is 12.3. The van der Waals surface area contributed by atoms with Crippen molar-refractivity contribution in [2.75, 3.05) is 0 Å². The molecule has 2 rings (SSSR count). The number of aryl methyl sites for hydroxylation is 2. The van der Waals surface area contributed by atoms with Crippen LogP contribution >= 0.6 is 15.9 Å². The molecular weight excluding hydrogens is 310 g/mol. The molecule has 0 aliphatic carbocycles. The monoisotopic (exact) mass is 323 g/mol. The van der Waals surface area contributed by atoms with Gasteiger partial charge < -0.3 is 5.11 Å². The molecule has 5 nitrogen and oxygen atoms in total. The largest absolute Gasteiger partial charge is 0.475 e. The Bertz CT molecular complexity index is 622. The molecule has 0 atom stereocenters. The summed E-state index contributed by atoms with van der Waals surface area (Å²) in [6.07, 6.45) is 1.46. The van der Waals surface area contributed by atoms with Crippen molar-refractivity contribution in [3.63, 3.8) is 0 Å². The Labute approximate surface area is 119 Å². The van der Waals surface area contributed by atoms with Gasteiger partial charge in [0.1, 0.15) is 5.82 Å². The first-order chi connectivity index (χ1) is 9.06. The molecular formula is C13H14BrN3O2. The van der Waals surface area contributed by atoms with Gasteiger partial charge in [0.25, 0.3) is 5.82 Å². The van der Waals surface area contributed by atoms with Crippen LogP contribution in [-0.2, 0) is 12.8 Å². The minimum absolute atomic E-state index is 0.165. The molecule has 100 valence electrons. The highest BCUT2D eigenvalue weighted by molar-refractivity contribution is 9.10. The first-order valence-electron chi connectivity index (χ1n) is 6.04. The number of carbonyl (C=O) groups is 1. The van der Waals surface area contributed by atoms with Crippen molar-refractivity contribution in [3.05, 3.63) is 39.9 Å². The van der Waals surface area contributed by atoms with E-state index in [1.54, 1.807) is 4.68 Å². The topological polar surface area (TPSA) is 68.0 Å². The van der Waals surface area contributed by atoms with Gasteiger partial charge in [0.2, 0.25) is 0 Å². The first kappa shape index (κ1) is 13.7. The van der Waals surface area contributed by atoms with Crippen LogP contribution in [0.5, 0.6) is 0 Å². The lowest BCUT2D eigenvalue weighted by molar-refractivity contribution is 0.0683. The molecule has 0 aliphatic rings. The normalized spacial score (nSPS) is 10.7. The maximum atomic E-state index is 11.0. The summed E-state index contributed by atoms with van der Waals surface area (Å²) in [6.45, 7) is 3.97. The van der Waals surface area contributed by atoms with Crippen LogP contribution in [0.4, 0.5) is 0 Å². The number of hydrogen-bond acceptors (Lipinski definition) is 3. The summed E-state index contributed by atoms with van der Waals surface area (Å²) in [4.78, 5) is 15.0. The molecule has 0 radical (unpaired) electrons. The number of aromatic nitrogens is 3. The maximum absolute atomic E-state index is 11.0. The number of nitrogens with zero attached hydrogens (tertiary/aromatic N) is 3. The molecule has 0 bridgehead atoms. The van der Waals surface area contributed by atoms with E-state index in [0.717, 1.165) is 22.1 Å². The summed E-state index contributed by atoms with van der Waals surface area (Å²) in [6, 6.07) is 5.84. The summed E-state index contributed by atoms with van der Waals surface area (Å²) < 4.78 is 2.61. The molecule has 1 aromatic carbocycles. The van der Waals surface area contributed by atoms with E-state index in [0.29, 0.717) is 12.2 Å². The molecule has 1 aromatic heterocycles. The Balaban J connectivity index is 2.60. The number of halogens is 1. The Morgan fingerprint density at radius 2 is 2.11 bits per heavy atom. The number of carboxylic acids is 1. The highest BCUT2D eigenvalue weighted by Gasteiger charge is 2.16. The minimum Gasteiger partial charge on any atom is -0.475 e. The lowest BCUT2D eigenvalue weighted by Gasteiger charge is -2.10. The molecule has 2 aromatic rings. The van der Waals surface area contributed by atoms with Gasteiger partial charge in [-0.15, -0.1) is 5.10 Å². The molecule has 0 spiro atoms. The summed E-state index contributed by atoms with van der Waals surface area (Å²) in [5, 5.41) is 13.1. The van der Waals surface area contributed by atoms with E-state index >= 15 is 0 Å². The van der Waals surface area contributed by atoms with Gasteiger partial charge in [0, 0.05) is 10.9 Å². The first-order valence-corrected chi connectivity index (χ1v) is 6.84. The molecule has 0 saturated heterocycles. The molecule has 19 heavy (non-hydrogen) atoms. The summed E-state index contributed by atoms with van der Waals surface area (Å²) >= 11 is 3.43. The van der Waals surface area contributed by atoms with Crippen LogP contribution in [0.2, 0.25) is 0 Å². The van der Waals surface area contributed by atoms with Gasteiger partial charge in [-0.3, -0.25) is 0 Å². The van der Waals surface area contributed by atoms with Crippen molar-refractivity contribution in [2.45, 2.75) is 26.7 Å². The van der Waals surface area contributed by atoms with E-state index in [-0.39, 0.29) is 5.82 Å². The van der Waals surface area contributed by atoms with Crippen molar-refractivity contribution in [1.29, 1.82) is 0 Å². The number of hydrogen-bond donors (Lipinski definition) is 1. The van der Waals surface area contributed by atoms with E-state index in [1.165, 1.54) is 0 Å². The molecule has 1 N–H and O–H groups in total. The lowest BCUT2D eigenvalue weighted by Crippen LogP contribution is -2.06. The second-order valence-electron chi connectivity index (χ2n) is 4.05. The third-order valence-electron chi connectivity index (χ3n) is 2.83. The van der Waals surface area contributed by atoms with Gasteiger partial charge in [-0.1, -0.05) is 29.8 Å². The van der Waals surface area contributed by atoms with Gasteiger partial charge in [-0.25, -0.2) is 14.5 Å². The van der Waals surface area contributed by atoms with Crippen molar-refractivity contribution in [2.24, 2.45) is 0 Å². The van der Waals surface area contributed by atoms with E-state index < -0.39 is 5.97 Å². The summed E-state index contributed by atoms with van der Waals surface area (Å²) in [5.74, 6) is -0.625. The van der Waals surface area contributed by atoms with Crippen LogP contribution < -0.4 is 0 Å². The average Bonchev–Trinajstić information content (AvgIpc) is 2.82. The van der Waals surface area contributed by atoms with Crippen molar-refractivity contribution >= 4 is 21.9 Å². The number of carboxylic acid groups (broad SMARTS) is 1. The van der Waals surface area contributed by atoms with Crippen molar-refractivity contribution in [3.8, 4) is 5.69 Å². The van der Waals surface area contributed by atoms with Gasteiger partial charge in [-0.2, -0.15) is 0 Å². The minimum atomic E-state index is -1.11. The molecule has 0 amide bonds. The predicted molar refractivity (Wildman–Crippen MR) is 74.8 cm³/mol. The van der Waals surface area contributed by atoms with Gasteiger partial charge in [-0.05, 0) is 30.2 Å². The van der Waals surface area contributed by atoms with E-state index in [2.05, 4.69) is 26.0 Å². The van der Waals surface area contributed by atoms with Crippen molar-refractivity contribution < 1.29 is 9.90 Å². The standard InChI is InChI=1S/C13H14BrN3O2/c1-3-8-7-9(14)5-6-10(8)17-11(4-2)15-12(16-17)13(18)19/h5-7H,3-4H2,1-2H3,(H,18,19). The zero-order chi connectivity index (χ0) is 14.0. The number of benzene rings is 1. The van der Waals surface area contributed by atoms with Crippen molar-refractivity contribution in [1.82, 2.24) is 14.8 Å². The average molecular weight is 324 g/mol. The van der Waals surface area contributed by atoms with Crippen LogP contribution in [0.1, 0.15) is 35.9 Å². The van der Waals surface area contributed by atoms with Gasteiger partial charge in [0.15, 0.2) is 0 Å². The van der Waals surface area contributed by atoms with Crippen LogP contribution in [0, 0.1) is 0 Å². The van der Waals surface area contributed by atoms with Crippen LogP contribution in [0.25, 0.3) is 5.69 Å². The Kier molecular flexibility index (Phi) is 3.99. The van der Waals surface area contributed by atoms with E-state index in [4.69, 9.17) is 5.11 Å². The Morgan fingerprint density at radius 1 is 1.37 bits per heavy atom. The van der Waals surface area contributed by atoms with Crippen LogP contribution in [-0.4, -0.2) is 25.8 Å². The van der Waals surface area contributed by atoms with E-state index in [9.17, 15) is 4.79 Å². The fraction of sp³-hybridized carbons (Fsp3) is 0.308. The van der Waals surface area contributed by atoms with Crippen LogP contribution in [0.15, 0.2) is 22.7 Å². The SMILES string of the molecule is CCc1cc(Br)ccc1-n1nc(C(=O)O)nc1CC. The fourth-order valence-electron chi connectivity index (χ4n) is 1.90. The molecule has 0 aliphatic heterocycles. The van der Waals surface area contributed by atoms with Gasteiger partial charge in [0.05, 0.1) is 5.69 Å². The van der Waals surface area contributed by atoms with E-state index in [1.807, 2.05) is 32.0 Å². The molecule has 6 heteroatoms. The molecule has 1 heterocycles. The third kappa shape index (κ3) is 2.68. The highest BCUT2D eigenvalue weighted by atomic mass is 79.9.